The molecule has 2 aromatic carbocycles. The number of primary amides is 1. The molecule has 0 radical (unpaired) electrons. The number of carbonyl (C=O) groups is 1. The Morgan fingerprint density at radius 3 is 1.70 bits per heavy atom. The summed E-state index contributed by atoms with van der Waals surface area (Å²) in [5, 5.41) is 55.9. The van der Waals surface area contributed by atoms with Gasteiger partial charge in [-0.2, -0.15) is 0 Å². The van der Waals surface area contributed by atoms with Gasteiger partial charge < -0.3 is 36.0 Å². The quantitative estimate of drug-likeness (QED) is 0.122. The van der Waals surface area contributed by atoms with Gasteiger partial charge in [0.05, 0.1) is 6.10 Å². The summed E-state index contributed by atoms with van der Waals surface area (Å²) in [5.74, 6) is 0.111. The predicted molar refractivity (Wildman–Crippen MR) is 183 cm³/mol. The summed E-state index contributed by atoms with van der Waals surface area (Å²) >= 11 is 5.95. The molecule has 0 aliphatic heterocycles. The monoisotopic (exact) mass is 661 g/mol. The van der Waals surface area contributed by atoms with Crippen LogP contribution in [0.25, 0.3) is 0 Å². The summed E-state index contributed by atoms with van der Waals surface area (Å²) in [6, 6.07) is 6.40. The molecule has 258 valence electrons. The SMILES string of the molecule is CCCC[C@H]1CCCC[C@H](C)[C@@H](O)c2cc(O)c(c(O)c2)[C@@H](CCCCCl)CCCC[C@H](C)[C@@H](OC(N)=O)c2cc(O)c1c(O)c2. The summed E-state index contributed by atoms with van der Waals surface area (Å²) < 4.78 is 5.55. The maximum Gasteiger partial charge on any atom is 0.405 e. The lowest BCUT2D eigenvalue weighted by molar-refractivity contribution is 0.0690. The van der Waals surface area contributed by atoms with Crippen LogP contribution in [0.4, 0.5) is 4.79 Å². The minimum absolute atomic E-state index is 0.00367. The van der Waals surface area contributed by atoms with Crippen LogP contribution in [0.15, 0.2) is 24.3 Å². The summed E-state index contributed by atoms with van der Waals surface area (Å²) in [7, 11) is 0. The molecule has 0 heterocycles. The Labute approximate surface area is 279 Å². The number of phenols is 4. The number of rotatable bonds is 8. The third-order valence-corrected chi connectivity index (χ3v) is 10.1. The lowest BCUT2D eigenvalue weighted by Gasteiger charge is -2.27. The zero-order valence-corrected chi connectivity index (χ0v) is 28.6. The maximum absolute atomic E-state index is 11.9. The molecule has 6 rings (SSSR count). The number of carbonyl (C=O) groups excluding carboxylic acids is 1. The van der Waals surface area contributed by atoms with Crippen LogP contribution in [0.2, 0.25) is 0 Å². The molecule has 4 aliphatic rings. The molecular formula is C37H56ClNO7. The molecule has 0 saturated carbocycles. The third kappa shape index (κ3) is 10.3. The Morgan fingerprint density at radius 2 is 1.22 bits per heavy atom. The van der Waals surface area contributed by atoms with Gasteiger partial charge >= 0.3 is 6.09 Å². The maximum atomic E-state index is 11.9. The zero-order valence-electron chi connectivity index (χ0n) is 27.9. The van der Waals surface area contributed by atoms with Crippen LogP contribution in [-0.4, -0.2) is 37.5 Å². The van der Waals surface area contributed by atoms with Crippen molar-refractivity contribution in [3.8, 4) is 23.0 Å². The van der Waals surface area contributed by atoms with Crippen molar-refractivity contribution < 1.29 is 35.1 Å². The molecule has 0 aromatic heterocycles. The van der Waals surface area contributed by atoms with E-state index in [2.05, 4.69) is 6.92 Å². The number of aromatic hydroxyl groups is 4. The second-order valence-corrected chi connectivity index (χ2v) is 13.9. The van der Waals surface area contributed by atoms with Gasteiger partial charge in [-0.3, -0.25) is 0 Å². The lowest BCUT2D eigenvalue weighted by atomic mass is 9.83. The number of unbranched alkanes of at least 4 members (excludes halogenated alkanes) is 2. The average molecular weight is 662 g/mol. The number of phenolic OH excluding ortho intramolecular Hbond substituents is 4. The molecule has 4 aliphatic carbocycles. The highest BCUT2D eigenvalue weighted by Gasteiger charge is 2.29. The molecule has 0 saturated heterocycles. The van der Waals surface area contributed by atoms with Crippen LogP contribution in [-0.2, 0) is 4.74 Å². The summed E-state index contributed by atoms with van der Waals surface area (Å²) in [6.45, 7) is 6.04. The molecule has 4 bridgehead atoms. The van der Waals surface area contributed by atoms with Gasteiger partial charge in [0, 0.05) is 22.6 Å². The largest absolute Gasteiger partial charge is 0.508 e. The van der Waals surface area contributed by atoms with Crippen molar-refractivity contribution in [1.29, 1.82) is 0 Å². The smallest absolute Gasteiger partial charge is 0.405 e. The number of benzene rings is 2. The Kier molecular flexibility index (Phi) is 15.1. The van der Waals surface area contributed by atoms with Crippen LogP contribution >= 0.6 is 11.6 Å². The molecule has 2 aromatic rings. The average Bonchev–Trinajstić information content (AvgIpc) is 3.00. The van der Waals surface area contributed by atoms with Gasteiger partial charge in [-0.25, -0.2) is 4.79 Å². The first-order valence-electron chi connectivity index (χ1n) is 17.3. The molecule has 9 heteroatoms. The number of nitrogens with two attached hydrogens (primary N) is 1. The molecule has 6 atom stereocenters. The summed E-state index contributed by atoms with van der Waals surface area (Å²) in [4.78, 5) is 11.9. The van der Waals surface area contributed by atoms with Crippen molar-refractivity contribution in [1.82, 2.24) is 0 Å². The van der Waals surface area contributed by atoms with Crippen molar-refractivity contribution in [2.75, 3.05) is 5.88 Å². The van der Waals surface area contributed by atoms with Crippen molar-refractivity contribution in [2.24, 2.45) is 17.6 Å². The standard InChI is InChI=1S/C37H56ClNO7/c1-4-5-14-25-15-8-6-12-23(2)35(44)27-19-29(40)34(30(41)20-27)26(17-10-11-18-38)16-9-7-13-24(3)36(46-37(39)45)28-21-31(42)33(25)32(43)22-28/h19-26,35-36,40-44H,4-18H2,1-3H3,(H2,39,45)/t23-,24-,25-,26+,35+,36+/m0/s1. The highest BCUT2D eigenvalue weighted by molar-refractivity contribution is 6.17. The van der Waals surface area contributed by atoms with E-state index in [-0.39, 0.29) is 46.7 Å². The van der Waals surface area contributed by atoms with E-state index in [1.807, 2.05) is 13.8 Å². The number of amides is 1. The van der Waals surface area contributed by atoms with Crippen LogP contribution in [0, 0.1) is 11.8 Å². The van der Waals surface area contributed by atoms with E-state index in [0.29, 0.717) is 41.0 Å². The van der Waals surface area contributed by atoms with E-state index in [0.717, 1.165) is 77.0 Å². The summed E-state index contributed by atoms with van der Waals surface area (Å²) in [6.07, 6.45) is 8.74. The highest BCUT2D eigenvalue weighted by atomic mass is 35.5. The molecule has 46 heavy (non-hydrogen) atoms. The topological polar surface area (TPSA) is 153 Å². The van der Waals surface area contributed by atoms with E-state index in [9.17, 15) is 30.3 Å². The number of alkyl halides is 1. The van der Waals surface area contributed by atoms with Crippen LogP contribution in [0.5, 0.6) is 23.0 Å². The number of hydrogen-bond acceptors (Lipinski definition) is 7. The normalized spacial score (nSPS) is 25.1. The van der Waals surface area contributed by atoms with Gasteiger partial charge in [-0.05, 0) is 98.4 Å². The van der Waals surface area contributed by atoms with Gasteiger partial charge in [0.25, 0.3) is 0 Å². The molecule has 0 spiro atoms. The second-order valence-electron chi connectivity index (χ2n) is 13.5. The Hall–Kier alpha value is -2.84. The number of hydrogen-bond donors (Lipinski definition) is 6. The Balaban J connectivity index is 1.98. The highest BCUT2D eigenvalue weighted by Crippen LogP contribution is 2.45. The predicted octanol–water partition coefficient (Wildman–Crippen LogP) is 9.55. The minimum Gasteiger partial charge on any atom is -0.508 e. The second kappa shape index (κ2) is 18.5. The zero-order chi connectivity index (χ0) is 33.8. The van der Waals surface area contributed by atoms with Gasteiger partial charge in [0.15, 0.2) is 0 Å². The van der Waals surface area contributed by atoms with Gasteiger partial charge in [0.2, 0.25) is 0 Å². The van der Waals surface area contributed by atoms with Gasteiger partial charge in [-0.1, -0.05) is 65.7 Å². The van der Waals surface area contributed by atoms with Crippen molar-refractivity contribution in [2.45, 2.75) is 135 Å². The van der Waals surface area contributed by atoms with E-state index in [1.54, 1.807) is 24.3 Å². The number of aliphatic hydroxyl groups is 1. The molecule has 7 N–H and O–H groups in total. The molecule has 0 fully saturated rings. The van der Waals surface area contributed by atoms with Crippen molar-refractivity contribution in [3.05, 3.63) is 46.5 Å². The van der Waals surface area contributed by atoms with E-state index in [1.165, 1.54) is 0 Å². The Morgan fingerprint density at radius 1 is 0.761 bits per heavy atom. The number of aliphatic hydroxyl groups excluding tert-OH is 1. The van der Waals surface area contributed by atoms with Gasteiger partial charge in [-0.15, -0.1) is 11.6 Å². The first-order valence-corrected chi connectivity index (χ1v) is 17.8. The van der Waals surface area contributed by atoms with Crippen LogP contribution in [0.1, 0.15) is 157 Å². The van der Waals surface area contributed by atoms with Crippen molar-refractivity contribution in [3.63, 3.8) is 0 Å². The minimum atomic E-state index is -0.921. The fraction of sp³-hybridized carbons (Fsp3) is 0.649. The van der Waals surface area contributed by atoms with Crippen LogP contribution in [0.3, 0.4) is 0 Å². The van der Waals surface area contributed by atoms with Crippen molar-refractivity contribution >= 4 is 17.7 Å². The first-order chi connectivity index (χ1) is 22.0. The van der Waals surface area contributed by atoms with E-state index >= 15 is 0 Å². The first kappa shape index (κ1) is 37.6. The van der Waals surface area contributed by atoms with Crippen LogP contribution < -0.4 is 5.73 Å². The number of halogens is 1. The molecule has 8 nitrogen and oxygen atoms in total. The Bertz CT molecular complexity index is 1210. The van der Waals surface area contributed by atoms with E-state index in [4.69, 9.17) is 22.1 Å². The molecular weight excluding hydrogens is 606 g/mol. The number of ether oxygens (including phenoxy) is 1. The van der Waals surface area contributed by atoms with E-state index < -0.39 is 18.3 Å². The fourth-order valence-corrected chi connectivity index (χ4v) is 7.44. The lowest BCUT2D eigenvalue weighted by Crippen LogP contribution is -2.22. The molecule has 0 unspecified atom stereocenters. The van der Waals surface area contributed by atoms with Gasteiger partial charge in [0.1, 0.15) is 29.1 Å². The fourth-order valence-electron chi connectivity index (χ4n) is 7.25. The summed E-state index contributed by atoms with van der Waals surface area (Å²) in [5.41, 5.74) is 7.49. The third-order valence-electron chi connectivity index (χ3n) is 9.87. The molecule has 1 amide bonds.